The number of nitrogens with zero attached hydrogens (tertiary/aromatic N) is 3. The Morgan fingerprint density at radius 1 is 1.32 bits per heavy atom. The first-order valence-corrected chi connectivity index (χ1v) is 10.0. The number of nitrogens with one attached hydrogen (secondary N) is 1. The number of alkyl halides is 2. The van der Waals surface area contributed by atoms with Crippen molar-refractivity contribution in [1.29, 1.82) is 0 Å². The number of amides is 2. The summed E-state index contributed by atoms with van der Waals surface area (Å²) in [6.45, 7) is 2.09. The Morgan fingerprint density at radius 3 is 2.77 bits per heavy atom. The molecule has 2 amide bonds. The van der Waals surface area contributed by atoms with Gasteiger partial charge in [-0.25, -0.2) is 23.5 Å². The fraction of sp³-hybridized carbons (Fsp3) is 0.450. The summed E-state index contributed by atoms with van der Waals surface area (Å²) in [5, 5.41) is 3.14. The van der Waals surface area contributed by atoms with Crippen LogP contribution in [-0.4, -0.2) is 53.3 Å². The number of cyclic esters (lactones) is 1. The number of hydrogen-bond donors (Lipinski definition) is 2. The number of hydrogen-bond acceptors (Lipinski definition) is 6. The monoisotopic (exact) mass is 433 g/mol. The molecular weight excluding hydrogens is 412 g/mol. The van der Waals surface area contributed by atoms with E-state index >= 15 is 0 Å². The average Bonchev–Trinajstić information content (AvgIpc) is 3.22. The van der Waals surface area contributed by atoms with Crippen LogP contribution in [0.15, 0.2) is 12.3 Å². The van der Waals surface area contributed by atoms with E-state index in [4.69, 9.17) is 15.2 Å². The van der Waals surface area contributed by atoms with Crippen LogP contribution in [0.4, 0.5) is 25.1 Å². The Kier molecular flexibility index (Phi) is 4.49. The number of fused-ring (bicyclic) bond motifs is 5. The minimum absolute atomic E-state index is 0.133. The van der Waals surface area contributed by atoms with E-state index in [-0.39, 0.29) is 12.4 Å². The number of imidazole rings is 1. The van der Waals surface area contributed by atoms with E-state index in [2.05, 4.69) is 10.3 Å². The highest BCUT2D eigenvalue weighted by atomic mass is 19.3. The second kappa shape index (κ2) is 7.10. The Morgan fingerprint density at radius 2 is 2.10 bits per heavy atom. The molecule has 1 saturated heterocycles. The zero-order valence-electron chi connectivity index (χ0n) is 16.7. The van der Waals surface area contributed by atoms with Gasteiger partial charge in [-0.1, -0.05) is 0 Å². The first kappa shape index (κ1) is 19.6. The number of anilines is 2. The van der Waals surface area contributed by atoms with E-state index in [0.29, 0.717) is 24.7 Å². The highest BCUT2D eigenvalue weighted by Crippen LogP contribution is 2.46. The van der Waals surface area contributed by atoms with Crippen molar-refractivity contribution in [3.05, 3.63) is 23.4 Å². The van der Waals surface area contributed by atoms with E-state index in [0.717, 1.165) is 40.1 Å². The Labute approximate surface area is 176 Å². The molecule has 1 aliphatic carbocycles. The third-order valence-corrected chi connectivity index (χ3v) is 5.96. The first-order chi connectivity index (χ1) is 14.8. The summed E-state index contributed by atoms with van der Waals surface area (Å²) in [5.41, 5.74) is 9.01. The van der Waals surface area contributed by atoms with Crippen LogP contribution in [0.2, 0.25) is 0 Å². The van der Waals surface area contributed by atoms with Crippen LogP contribution in [-0.2, 0) is 28.9 Å². The Bertz CT molecular complexity index is 1090. The van der Waals surface area contributed by atoms with Crippen molar-refractivity contribution in [1.82, 2.24) is 9.55 Å². The molecule has 0 bridgehead atoms. The van der Waals surface area contributed by atoms with Gasteiger partial charge in [-0.3, -0.25) is 4.79 Å². The van der Waals surface area contributed by atoms with Crippen LogP contribution >= 0.6 is 0 Å². The first-order valence-electron chi connectivity index (χ1n) is 10.0. The molecule has 3 N–H and O–H groups in total. The number of ether oxygens (including phenoxy) is 2. The summed E-state index contributed by atoms with van der Waals surface area (Å²) in [6.07, 6.45) is -0.388. The smallest absolute Gasteiger partial charge is 0.416 e. The number of primary amides is 1. The molecule has 1 aromatic carbocycles. The Balaban J connectivity index is 1.58. The predicted octanol–water partition coefficient (Wildman–Crippen LogP) is 1.92. The van der Waals surface area contributed by atoms with Crippen molar-refractivity contribution >= 4 is 23.5 Å². The van der Waals surface area contributed by atoms with Crippen LogP contribution in [0.1, 0.15) is 18.1 Å². The second-order valence-corrected chi connectivity index (χ2v) is 7.84. The van der Waals surface area contributed by atoms with Gasteiger partial charge in [-0.05, 0) is 30.9 Å². The Hall–Kier alpha value is -3.37. The van der Waals surface area contributed by atoms with Crippen LogP contribution in [0.25, 0.3) is 11.4 Å². The molecule has 31 heavy (non-hydrogen) atoms. The van der Waals surface area contributed by atoms with Crippen molar-refractivity contribution in [2.75, 3.05) is 23.4 Å². The summed E-state index contributed by atoms with van der Waals surface area (Å²) < 4.78 is 39.4. The maximum atomic E-state index is 13.4. The van der Waals surface area contributed by atoms with Gasteiger partial charge in [0, 0.05) is 18.0 Å². The molecule has 0 radical (unpaired) electrons. The van der Waals surface area contributed by atoms with E-state index in [9.17, 15) is 18.4 Å². The van der Waals surface area contributed by atoms with Crippen LogP contribution in [0, 0.1) is 0 Å². The maximum Gasteiger partial charge on any atom is 0.416 e. The molecule has 5 rings (SSSR count). The fourth-order valence-corrected chi connectivity index (χ4v) is 4.21. The average molecular weight is 433 g/mol. The maximum absolute atomic E-state index is 13.4. The van der Waals surface area contributed by atoms with Gasteiger partial charge in [0.05, 0.1) is 12.1 Å². The van der Waals surface area contributed by atoms with Gasteiger partial charge in [0.25, 0.3) is 6.43 Å². The number of halogens is 2. The molecule has 11 heteroatoms. The third-order valence-electron chi connectivity index (χ3n) is 5.96. The van der Waals surface area contributed by atoms with E-state index in [1.54, 1.807) is 13.1 Å². The van der Waals surface area contributed by atoms with Crippen molar-refractivity contribution in [3.63, 3.8) is 0 Å². The van der Waals surface area contributed by atoms with Gasteiger partial charge in [0.15, 0.2) is 5.82 Å². The van der Waals surface area contributed by atoms with Gasteiger partial charge in [-0.15, -0.1) is 0 Å². The quantitative estimate of drug-likeness (QED) is 0.745. The van der Waals surface area contributed by atoms with Crippen molar-refractivity contribution in [2.45, 2.75) is 44.8 Å². The number of carbonyl (C=O) groups excluding carboxylic acids is 2. The molecule has 0 saturated carbocycles. The lowest BCUT2D eigenvalue weighted by molar-refractivity contribution is -0.118. The minimum atomic E-state index is -2.74. The molecule has 0 spiro atoms. The predicted molar refractivity (Wildman–Crippen MR) is 106 cm³/mol. The standard InChI is InChI=1S/C20H21F2N5O4/c1-9(18(23)28)24-12-6-14-16(11-3-2-10(11)12)19-25-15(7-26(19)4-5-30-14)27-13(17(21)22)8-31-20(27)29/h6-7,9,13,17,24H,2-5,8H2,1H3,(H2,23,28)/t9-,13?/m0/s1. The lowest BCUT2D eigenvalue weighted by Gasteiger charge is -2.28. The lowest BCUT2D eigenvalue weighted by Crippen LogP contribution is -2.38. The lowest BCUT2D eigenvalue weighted by atomic mass is 9.82. The van der Waals surface area contributed by atoms with Crippen molar-refractivity contribution in [3.8, 4) is 17.1 Å². The molecule has 3 heterocycles. The van der Waals surface area contributed by atoms with Crippen LogP contribution in [0.3, 0.4) is 0 Å². The number of carbonyl (C=O) groups is 2. The summed E-state index contributed by atoms with van der Waals surface area (Å²) >= 11 is 0. The molecule has 2 aromatic rings. The molecule has 2 aliphatic heterocycles. The molecule has 3 aliphatic rings. The second-order valence-electron chi connectivity index (χ2n) is 7.84. The molecule has 164 valence electrons. The molecule has 9 nitrogen and oxygen atoms in total. The highest BCUT2D eigenvalue weighted by Gasteiger charge is 2.42. The molecule has 1 fully saturated rings. The molecule has 1 unspecified atom stereocenters. The van der Waals surface area contributed by atoms with Gasteiger partial charge < -0.3 is 25.1 Å². The van der Waals surface area contributed by atoms with E-state index in [1.807, 2.05) is 10.6 Å². The zero-order chi connectivity index (χ0) is 21.9. The van der Waals surface area contributed by atoms with Gasteiger partial charge >= 0.3 is 6.09 Å². The number of nitrogens with two attached hydrogens (primary N) is 1. The molecular formula is C20H21F2N5O4. The summed E-state index contributed by atoms with van der Waals surface area (Å²) in [5.74, 6) is 0.812. The fourth-order valence-electron chi connectivity index (χ4n) is 4.21. The van der Waals surface area contributed by atoms with E-state index < -0.39 is 30.5 Å². The van der Waals surface area contributed by atoms with E-state index in [1.165, 1.54) is 0 Å². The van der Waals surface area contributed by atoms with Crippen LogP contribution in [0.5, 0.6) is 5.75 Å². The highest BCUT2D eigenvalue weighted by molar-refractivity contribution is 5.90. The number of aromatic nitrogens is 2. The van der Waals surface area contributed by atoms with Gasteiger partial charge in [0.2, 0.25) is 5.91 Å². The molecule has 2 atom stereocenters. The summed E-state index contributed by atoms with van der Waals surface area (Å²) in [7, 11) is 0. The van der Waals surface area contributed by atoms with Crippen molar-refractivity contribution < 1.29 is 27.8 Å². The number of rotatable bonds is 5. The summed E-state index contributed by atoms with van der Waals surface area (Å²) in [4.78, 5) is 29.0. The topological polar surface area (TPSA) is 112 Å². The van der Waals surface area contributed by atoms with Gasteiger partial charge in [0.1, 0.15) is 36.9 Å². The van der Waals surface area contributed by atoms with Crippen LogP contribution < -0.4 is 20.7 Å². The SMILES string of the molecule is C[C@H](Nc1cc2c(c3c1CC3)-c1nc(N3C(=O)OCC3C(F)F)cn1CCO2)C(N)=O. The van der Waals surface area contributed by atoms with Gasteiger partial charge in [-0.2, -0.15) is 0 Å². The minimum Gasteiger partial charge on any atom is -0.491 e. The summed E-state index contributed by atoms with van der Waals surface area (Å²) in [6, 6.07) is -0.0928. The molecule has 1 aromatic heterocycles. The number of benzene rings is 1. The zero-order valence-corrected chi connectivity index (χ0v) is 16.7. The largest absolute Gasteiger partial charge is 0.491 e. The normalized spacial score (nSPS) is 20.1. The third kappa shape index (κ3) is 3.06. The van der Waals surface area contributed by atoms with Crippen molar-refractivity contribution in [2.24, 2.45) is 5.73 Å².